The first-order valence-electron chi connectivity index (χ1n) is 4.89. The highest BCUT2D eigenvalue weighted by atomic mass is 35.5. The Morgan fingerprint density at radius 3 is 3.24 bits per heavy atom. The molecule has 1 heterocycles. The molecule has 17 heavy (non-hydrogen) atoms. The Balaban J connectivity index is 2.13. The number of imidazole rings is 1. The number of carbonyl (C=O) groups excluding carboxylic acids is 1. The molecule has 0 fully saturated rings. The summed E-state index contributed by atoms with van der Waals surface area (Å²) in [5.74, 6) is 0. The summed E-state index contributed by atoms with van der Waals surface area (Å²) in [5, 5.41) is 2.89. The quantitative estimate of drug-likeness (QED) is 0.824. The number of halogens is 1. The Morgan fingerprint density at radius 2 is 2.47 bits per heavy atom. The fourth-order valence-corrected chi connectivity index (χ4v) is 1.54. The molecule has 0 radical (unpaired) electrons. The van der Waals surface area contributed by atoms with Crippen LogP contribution in [0, 0.1) is 0 Å². The summed E-state index contributed by atoms with van der Waals surface area (Å²) in [6, 6.07) is 5.19. The van der Waals surface area contributed by atoms with Crippen molar-refractivity contribution in [2.45, 2.75) is 0 Å². The number of hydrogen-bond acceptors (Lipinski definition) is 3. The van der Waals surface area contributed by atoms with E-state index >= 15 is 0 Å². The van der Waals surface area contributed by atoms with Crippen molar-refractivity contribution in [2.24, 2.45) is 0 Å². The van der Waals surface area contributed by atoms with Gasteiger partial charge in [0.05, 0.1) is 11.0 Å². The molecule has 1 aromatic heterocycles. The summed E-state index contributed by atoms with van der Waals surface area (Å²) in [7, 11) is 0. The van der Waals surface area contributed by atoms with Crippen LogP contribution in [0.1, 0.15) is 0 Å². The van der Waals surface area contributed by atoms with Gasteiger partial charge in [-0.3, -0.25) is 5.32 Å². The highest BCUT2D eigenvalue weighted by Crippen LogP contribution is 2.19. The number of hydrogen-bond donors (Lipinski definition) is 2. The number of rotatable bonds is 3. The molecule has 0 saturated heterocycles. The minimum Gasteiger partial charge on any atom is -0.445 e. The zero-order chi connectivity index (χ0) is 12.3. The summed E-state index contributed by atoms with van der Waals surface area (Å²) >= 11 is 5.72. The number of benzene rings is 1. The molecule has 88 valence electrons. The van der Waals surface area contributed by atoms with Gasteiger partial charge in [-0.2, -0.15) is 0 Å². The molecule has 0 aliphatic carbocycles. The molecule has 0 unspecified atom stereocenters. The summed E-state index contributed by atoms with van der Waals surface area (Å²) in [4.78, 5) is 18.2. The fraction of sp³-hybridized carbons (Fsp3) is 0.0909. The topological polar surface area (TPSA) is 67.0 Å². The Labute approximate surface area is 102 Å². The molecule has 5 nitrogen and oxygen atoms in total. The Hall–Kier alpha value is -2.01. The van der Waals surface area contributed by atoms with Gasteiger partial charge in [0, 0.05) is 5.69 Å². The molecule has 1 amide bonds. The van der Waals surface area contributed by atoms with Gasteiger partial charge >= 0.3 is 6.09 Å². The van der Waals surface area contributed by atoms with Crippen LogP contribution in [-0.2, 0) is 4.74 Å². The van der Waals surface area contributed by atoms with E-state index < -0.39 is 6.09 Å². The van der Waals surface area contributed by atoms with E-state index in [0.717, 1.165) is 11.0 Å². The van der Waals surface area contributed by atoms with Gasteiger partial charge in [0.15, 0.2) is 0 Å². The monoisotopic (exact) mass is 251 g/mol. The number of anilines is 1. The number of H-pyrrole nitrogens is 1. The minimum absolute atomic E-state index is 0.171. The number of amides is 1. The predicted molar refractivity (Wildman–Crippen MR) is 66.3 cm³/mol. The number of aromatic amines is 1. The number of nitrogens with one attached hydrogen (secondary N) is 2. The first kappa shape index (κ1) is 11.5. The summed E-state index contributed by atoms with van der Waals surface area (Å²) in [6.45, 7) is 3.62. The number of nitrogens with zero attached hydrogens (tertiary/aromatic N) is 1. The molecule has 2 rings (SSSR count). The first-order chi connectivity index (χ1) is 8.19. The van der Waals surface area contributed by atoms with Crippen molar-refractivity contribution >= 4 is 34.4 Å². The molecule has 0 spiro atoms. The van der Waals surface area contributed by atoms with Gasteiger partial charge < -0.3 is 9.72 Å². The molecular weight excluding hydrogens is 242 g/mol. The van der Waals surface area contributed by atoms with Crippen LogP contribution in [0.5, 0.6) is 0 Å². The van der Waals surface area contributed by atoms with Gasteiger partial charge in [0.1, 0.15) is 6.61 Å². The Kier molecular flexibility index (Phi) is 3.30. The second kappa shape index (κ2) is 4.88. The zero-order valence-electron chi connectivity index (χ0n) is 8.87. The van der Waals surface area contributed by atoms with E-state index in [4.69, 9.17) is 16.3 Å². The third kappa shape index (κ3) is 2.76. The summed E-state index contributed by atoms with van der Waals surface area (Å²) in [5.41, 5.74) is 2.09. The van der Waals surface area contributed by atoms with Crippen molar-refractivity contribution < 1.29 is 9.53 Å². The number of aromatic nitrogens is 2. The minimum atomic E-state index is -0.533. The van der Waals surface area contributed by atoms with E-state index in [0.29, 0.717) is 11.0 Å². The molecule has 0 saturated carbocycles. The lowest BCUT2D eigenvalue weighted by Crippen LogP contribution is -2.13. The van der Waals surface area contributed by atoms with Crippen molar-refractivity contribution in [2.75, 3.05) is 11.9 Å². The van der Waals surface area contributed by atoms with E-state index in [9.17, 15) is 4.79 Å². The number of ether oxygens (including phenoxy) is 1. The first-order valence-corrected chi connectivity index (χ1v) is 5.27. The second-order valence-corrected chi connectivity index (χ2v) is 3.63. The van der Waals surface area contributed by atoms with Crippen LogP contribution in [-0.4, -0.2) is 22.7 Å². The van der Waals surface area contributed by atoms with Crippen LogP contribution < -0.4 is 5.32 Å². The molecular formula is C11H10ClN3O2. The van der Waals surface area contributed by atoms with Gasteiger partial charge in [-0.05, 0) is 29.8 Å². The number of carbonyl (C=O) groups is 1. The van der Waals surface area contributed by atoms with E-state index in [1.165, 1.54) is 6.08 Å². The molecule has 2 N–H and O–H groups in total. The lowest BCUT2D eigenvalue weighted by Gasteiger charge is -2.04. The fourth-order valence-electron chi connectivity index (χ4n) is 1.34. The molecule has 6 heteroatoms. The van der Waals surface area contributed by atoms with Crippen LogP contribution in [0.3, 0.4) is 0 Å². The third-order valence-corrected chi connectivity index (χ3v) is 2.21. The lowest BCUT2D eigenvalue weighted by atomic mass is 10.3. The summed E-state index contributed by atoms with van der Waals surface area (Å²) < 4.78 is 4.79. The highest BCUT2D eigenvalue weighted by molar-refractivity contribution is 6.29. The van der Waals surface area contributed by atoms with E-state index in [1.807, 2.05) is 0 Å². The van der Waals surface area contributed by atoms with Crippen molar-refractivity contribution in [3.05, 3.63) is 36.1 Å². The van der Waals surface area contributed by atoms with Crippen LogP contribution in [0.4, 0.5) is 10.5 Å². The third-order valence-electron chi connectivity index (χ3n) is 2.03. The predicted octanol–water partition coefficient (Wildman–Crippen LogP) is 2.95. The van der Waals surface area contributed by atoms with Crippen LogP contribution >= 0.6 is 11.6 Å². The Bertz CT molecular complexity index is 565. The largest absolute Gasteiger partial charge is 0.445 e. The summed E-state index contributed by atoms with van der Waals surface area (Å²) in [6.07, 6.45) is 0.965. The van der Waals surface area contributed by atoms with Crippen LogP contribution in [0.15, 0.2) is 30.9 Å². The van der Waals surface area contributed by atoms with Gasteiger partial charge in [-0.25, -0.2) is 9.78 Å². The maximum atomic E-state index is 11.3. The Morgan fingerprint density at radius 1 is 1.65 bits per heavy atom. The van der Waals surface area contributed by atoms with Gasteiger partial charge in [0.2, 0.25) is 5.28 Å². The van der Waals surface area contributed by atoms with Gasteiger partial charge in [0.25, 0.3) is 0 Å². The maximum Gasteiger partial charge on any atom is 0.411 e. The average Bonchev–Trinajstić information content (AvgIpc) is 2.65. The zero-order valence-corrected chi connectivity index (χ0v) is 9.62. The molecule has 1 aromatic carbocycles. The molecule has 0 atom stereocenters. The van der Waals surface area contributed by atoms with Gasteiger partial charge in [-0.15, -0.1) is 0 Å². The van der Waals surface area contributed by atoms with Crippen molar-refractivity contribution in [3.8, 4) is 0 Å². The molecule has 0 bridgehead atoms. The van der Waals surface area contributed by atoms with E-state index in [1.54, 1.807) is 18.2 Å². The van der Waals surface area contributed by atoms with Crippen molar-refractivity contribution in [1.29, 1.82) is 0 Å². The second-order valence-electron chi connectivity index (χ2n) is 3.27. The van der Waals surface area contributed by atoms with E-state index in [2.05, 4.69) is 21.9 Å². The number of fused-ring (bicyclic) bond motifs is 1. The average molecular weight is 252 g/mol. The van der Waals surface area contributed by atoms with Crippen LogP contribution in [0.2, 0.25) is 5.28 Å². The van der Waals surface area contributed by atoms with Crippen molar-refractivity contribution in [3.63, 3.8) is 0 Å². The molecule has 0 aliphatic heterocycles. The SMILES string of the molecule is C=CCOC(=O)Nc1ccc2nc(Cl)[nH]c2c1. The lowest BCUT2D eigenvalue weighted by molar-refractivity contribution is 0.174. The maximum absolute atomic E-state index is 11.3. The molecule has 2 aromatic rings. The van der Waals surface area contributed by atoms with Crippen LogP contribution in [0.25, 0.3) is 11.0 Å². The molecule has 0 aliphatic rings. The highest BCUT2D eigenvalue weighted by Gasteiger charge is 2.05. The van der Waals surface area contributed by atoms with Gasteiger partial charge in [-0.1, -0.05) is 12.7 Å². The standard InChI is InChI=1S/C11H10ClN3O2/c1-2-5-17-11(16)13-7-3-4-8-9(6-7)15-10(12)14-8/h2-4,6H,1,5H2,(H,13,16)(H,14,15). The normalized spacial score (nSPS) is 10.2. The van der Waals surface area contributed by atoms with E-state index in [-0.39, 0.29) is 6.61 Å². The smallest absolute Gasteiger partial charge is 0.411 e. The van der Waals surface area contributed by atoms with Crippen molar-refractivity contribution in [1.82, 2.24) is 9.97 Å².